The summed E-state index contributed by atoms with van der Waals surface area (Å²) in [5, 5.41) is 15.6. The van der Waals surface area contributed by atoms with Crippen LogP contribution in [0, 0.1) is 5.92 Å². The molecule has 0 unspecified atom stereocenters. The summed E-state index contributed by atoms with van der Waals surface area (Å²) in [7, 11) is 0. The maximum atomic E-state index is 13.7. The molecule has 0 radical (unpaired) electrons. The van der Waals surface area contributed by atoms with Crippen LogP contribution in [0.25, 0.3) is 28.0 Å². The molecule has 2 aromatic carbocycles. The number of nitrogen functional groups attached to an aromatic ring is 1. The summed E-state index contributed by atoms with van der Waals surface area (Å²) in [5.41, 5.74) is 8.76. The van der Waals surface area contributed by atoms with Gasteiger partial charge < -0.3 is 15.3 Å². The quantitative estimate of drug-likeness (QED) is 0.209. The third-order valence-electron chi connectivity index (χ3n) is 6.76. The van der Waals surface area contributed by atoms with Crippen LogP contribution in [0.15, 0.2) is 59.1 Å². The fraction of sp³-hybridized carbons (Fsp3) is 0.367. The predicted octanol–water partition coefficient (Wildman–Crippen LogP) is 6.91. The number of benzene rings is 2. The van der Waals surface area contributed by atoms with Gasteiger partial charge in [0.15, 0.2) is 5.82 Å². The zero-order chi connectivity index (χ0) is 27.4. The van der Waals surface area contributed by atoms with Gasteiger partial charge in [0.25, 0.3) is 0 Å². The number of aromatic nitrogens is 2. The van der Waals surface area contributed by atoms with Crippen LogP contribution >= 0.6 is 0 Å². The lowest BCUT2D eigenvalue weighted by Crippen LogP contribution is -2.42. The third kappa shape index (κ3) is 5.59. The highest BCUT2D eigenvalue weighted by Crippen LogP contribution is 2.31. The number of hydrogen-bond donors (Lipinski definition) is 2. The van der Waals surface area contributed by atoms with Crippen LogP contribution in [0.4, 0.5) is 11.5 Å². The molecule has 4 rings (SSSR count). The van der Waals surface area contributed by atoms with E-state index in [9.17, 15) is 14.7 Å². The molecule has 4 aromatic rings. The fourth-order valence-electron chi connectivity index (χ4n) is 4.78. The number of nitrogens with two attached hydrogens (primary N) is 1. The summed E-state index contributed by atoms with van der Waals surface area (Å²) in [5.74, 6) is -0.468. The minimum atomic E-state index is -1.12. The molecule has 2 heterocycles. The van der Waals surface area contributed by atoms with Crippen molar-refractivity contribution in [1.29, 1.82) is 0 Å². The molecule has 0 fully saturated rings. The molecule has 0 bridgehead atoms. The molecule has 0 saturated carbocycles. The van der Waals surface area contributed by atoms with Gasteiger partial charge in [0.1, 0.15) is 16.9 Å². The molecule has 2 aromatic heterocycles. The first-order valence-electron chi connectivity index (χ1n) is 13.3. The first kappa shape index (κ1) is 27.0. The van der Waals surface area contributed by atoms with Crippen LogP contribution in [-0.2, 0) is 4.79 Å². The molecule has 0 aliphatic carbocycles. The largest absolute Gasteiger partial charge is 0.477 e. The Bertz CT molecular complexity index is 1420. The van der Waals surface area contributed by atoms with Crippen LogP contribution < -0.4 is 10.6 Å². The van der Waals surface area contributed by atoms with Crippen LogP contribution in [0.1, 0.15) is 70.2 Å². The Kier molecular flexibility index (Phi) is 8.20. The van der Waals surface area contributed by atoms with E-state index in [2.05, 4.69) is 18.9 Å². The number of hydrogen-bond acceptors (Lipinski definition) is 5. The van der Waals surface area contributed by atoms with Gasteiger partial charge in [-0.25, -0.2) is 9.48 Å². The number of carboxylic acid groups (broad SMARTS) is 1. The molecular weight excluding hydrogens is 480 g/mol. The van der Waals surface area contributed by atoms with Gasteiger partial charge in [0, 0.05) is 40.9 Å². The number of unbranched alkanes of at least 4 members (excludes halogenated alkanes) is 1. The molecule has 0 aliphatic heterocycles. The Morgan fingerprint density at radius 2 is 1.79 bits per heavy atom. The van der Waals surface area contributed by atoms with E-state index < -0.39 is 5.97 Å². The first-order chi connectivity index (χ1) is 18.2. The molecule has 38 heavy (non-hydrogen) atoms. The van der Waals surface area contributed by atoms with Crippen molar-refractivity contribution >= 4 is 34.4 Å². The van der Waals surface area contributed by atoms with Gasteiger partial charge in [0.2, 0.25) is 5.91 Å². The predicted molar refractivity (Wildman–Crippen MR) is 151 cm³/mol. The molecular formula is C30H36N4O4. The van der Waals surface area contributed by atoms with Crippen molar-refractivity contribution in [2.45, 2.75) is 65.8 Å². The Balaban J connectivity index is 1.67. The number of anilines is 2. The highest BCUT2D eigenvalue weighted by molar-refractivity contribution is 6.01. The van der Waals surface area contributed by atoms with E-state index >= 15 is 0 Å². The molecule has 200 valence electrons. The smallest absolute Gasteiger partial charge is 0.341 e. The molecule has 1 amide bonds. The van der Waals surface area contributed by atoms with Crippen LogP contribution in [0.2, 0.25) is 0 Å². The Morgan fingerprint density at radius 3 is 2.42 bits per heavy atom. The number of furan rings is 1. The summed E-state index contributed by atoms with van der Waals surface area (Å²) in [6, 6.07) is 14.7. The number of aromatic carboxylic acids is 1. The van der Waals surface area contributed by atoms with Crippen LogP contribution in [0.5, 0.6) is 0 Å². The SMILES string of the molecule is CCCC[C@H](CCC)C(=O)N(c1nn(-c2ccc(-c3cc4ccc(N)cc4o3)cc2)cc1C(=O)O)C(C)C. The van der Waals surface area contributed by atoms with E-state index in [-0.39, 0.29) is 29.2 Å². The van der Waals surface area contributed by atoms with Crippen molar-refractivity contribution < 1.29 is 19.1 Å². The van der Waals surface area contributed by atoms with Gasteiger partial charge in [0.05, 0.1) is 5.69 Å². The average molecular weight is 517 g/mol. The highest BCUT2D eigenvalue weighted by Gasteiger charge is 2.32. The standard InChI is InChI=1S/C30H36N4O4/c1-5-7-9-21(8-6-2)29(35)34(19(3)4)28-25(30(36)37)18-33(32-28)24-14-11-20(12-15-24)26-16-22-10-13-23(31)17-27(22)38-26/h10-19,21H,5-9,31H2,1-4H3,(H,36,37)/t21-/m0/s1. The fourth-order valence-corrected chi connectivity index (χ4v) is 4.78. The van der Waals surface area contributed by atoms with E-state index in [0.29, 0.717) is 22.7 Å². The minimum Gasteiger partial charge on any atom is -0.477 e. The summed E-state index contributed by atoms with van der Waals surface area (Å²) in [4.78, 5) is 27.4. The lowest BCUT2D eigenvalue weighted by atomic mass is 9.95. The molecule has 0 aliphatic rings. The Labute approximate surface area is 223 Å². The minimum absolute atomic E-state index is 0.00302. The van der Waals surface area contributed by atoms with E-state index in [0.717, 1.165) is 43.1 Å². The molecule has 3 N–H and O–H groups in total. The summed E-state index contributed by atoms with van der Waals surface area (Å²) < 4.78 is 7.48. The number of fused-ring (bicyclic) bond motifs is 1. The second-order valence-corrected chi connectivity index (χ2v) is 10.0. The zero-order valence-electron chi connectivity index (χ0n) is 22.5. The van der Waals surface area contributed by atoms with E-state index in [1.165, 1.54) is 10.9 Å². The van der Waals surface area contributed by atoms with Gasteiger partial charge in [-0.05, 0) is 69.2 Å². The molecule has 1 atom stereocenters. The maximum absolute atomic E-state index is 13.7. The Hall–Kier alpha value is -4.07. The van der Waals surface area contributed by atoms with Crippen LogP contribution in [0.3, 0.4) is 0 Å². The average Bonchev–Trinajstić information content (AvgIpc) is 3.51. The molecule has 8 nitrogen and oxygen atoms in total. The topological polar surface area (TPSA) is 115 Å². The van der Waals surface area contributed by atoms with Gasteiger partial charge in [-0.2, -0.15) is 0 Å². The van der Waals surface area contributed by atoms with Crippen molar-refractivity contribution in [3.63, 3.8) is 0 Å². The van der Waals surface area contributed by atoms with Crippen molar-refractivity contribution in [3.8, 4) is 17.0 Å². The lowest BCUT2D eigenvalue weighted by molar-refractivity contribution is -0.123. The maximum Gasteiger partial charge on any atom is 0.341 e. The van der Waals surface area contributed by atoms with Gasteiger partial charge >= 0.3 is 5.97 Å². The van der Waals surface area contributed by atoms with Gasteiger partial charge in [-0.1, -0.05) is 33.1 Å². The molecule has 8 heteroatoms. The van der Waals surface area contributed by atoms with Crippen molar-refractivity contribution in [1.82, 2.24) is 9.78 Å². The number of carbonyl (C=O) groups is 2. The first-order valence-corrected chi connectivity index (χ1v) is 13.3. The summed E-state index contributed by atoms with van der Waals surface area (Å²) >= 11 is 0. The van der Waals surface area contributed by atoms with Crippen molar-refractivity contribution in [2.24, 2.45) is 5.92 Å². The van der Waals surface area contributed by atoms with Gasteiger partial charge in [-0.15, -0.1) is 5.10 Å². The van der Waals surface area contributed by atoms with E-state index in [1.54, 1.807) is 11.0 Å². The second kappa shape index (κ2) is 11.5. The monoisotopic (exact) mass is 516 g/mol. The Morgan fingerprint density at radius 1 is 1.05 bits per heavy atom. The highest BCUT2D eigenvalue weighted by atomic mass is 16.4. The summed E-state index contributed by atoms with van der Waals surface area (Å²) in [6.07, 6.45) is 5.86. The lowest BCUT2D eigenvalue weighted by Gasteiger charge is -2.29. The number of carboxylic acids is 1. The molecule has 0 spiro atoms. The zero-order valence-corrected chi connectivity index (χ0v) is 22.5. The normalized spacial score (nSPS) is 12.2. The van der Waals surface area contributed by atoms with E-state index in [1.807, 2.05) is 56.3 Å². The summed E-state index contributed by atoms with van der Waals surface area (Å²) in [6.45, 7) is 7.95. The number of carbonyl (C=O) groups excluding carboxylic acids is 1. The van der Waals surface area contributed by atoms with Crippen molar-refractivity contribution in [2.75, 3.05) is 10.6 Å². The second-order valence-electron chi connectivity index (χ2n) is 10.0. The van der Waals surface area contributed by atoms with Crippen LogP contribution in [-0.4, -0.2) is 32.8 Å². The number of nitrogens with zero attached hydrogens (tertiary/aromatic N) is 3. The van der Waals surface area contributed by atoms with Gasteiger partial charge in [-0.3, -0.25) is 9.69 Å². The number of amides is 1. The van der Waals surface area contributed by atoms with Crippen molar-refractivity contribution in [3.05, 3.63) is 60.3 Å². The van der Waals surface area contributed by atoms with E-state index in [4.69, 9.17) is 10.2 Å². The number of rotatable bonds is 11. The third-order valence-corrected chi connectivity index (χ3v) is 6.76. The molecule has 0 saturated heterocycles.